The molecule has 0 aliphatic rings. The molecule has 0 aromatic rings. The van der Waals surface area contributed by atoms with Gasteiger partial charge in [0, 0.05) is 12.8 Å². The molecule has 54 heavy (non-hydrogen) atoms. The van der Waals surface area contributed by atoms with Gasteiger partial charge in [0.1, 0.15) is 19.8 Å². The van der Waals surface area contributed by atoms with Gasteiger partial charge >= 0.3 is 11.9 Å². The van der Waals surface area contributed by atoms with E-state index < -0.39 is 32.5 Å². The normalized spacial score (nSPS) is 14.0. The maximum absolute atomic E-state index is 12.6. The second-order valence-electron chi connectivity index (χ2n) is 15.7. The Morgan fingerprint density at radius 2 is 1.00 bits per heavy atom. The molecule has 10 heteroatoms. The summed E-state index contributed by atoms with van der Waals surface area (Å²) in [6, 6.07) is 0. The van der Waals surface area contributed by atoms with Gasteiger partial charge in [-0.15, -0.1) is 0 Å². The van der Waals surface area contributed by atoms with Crippen LogP contribution in [0.15, 0.2) is 36.5 Å². The summed E-state index contributed by atoms with van der Waals surface area (Å²) in [5, 5.41) is 0. The first-order chi connectivity index (χ1) is 26.0. The van der Waals surface area contributed by atoms with Crippen LogP contribution in [0.25, 0.3) is 0 Å². The van der Waals surface area contributed by atoms with Crippen molar-refractivity contribution in [3.05, 3.63) is 36.5 Å². The molecule has 0 aliphatic heterocycles. The van der Waals surface area contributed by atoms with Gasteiger partial charge in [0.2, 0.25) is 0 Å². The van der Waals surface area contributed by atoms with Crippen LogP contribution in [0, 0.1) is 0 Å². The largest absolute Gasteiger partial charge is 0.756 e. The Morgan fingerprint density at radius 1 is 0.574 bits per heavy atom. The van der Waals surface area contributed by atoms with Crippen LogP contribution in [0.2, 0.25) is 0 Å². The second-order valence-corrected chi connectivity index (χ2v) is 17.1. The van der Waals surface area contributed by atoms with Crippen LogP contribution >= 0.6 is 7.82 Å². The van der Waals surface area contributed by atoms with Crippen LogP contribution in [-0.2, 0) is 32.7 Å². The molecule has 1 unspecified atom stereocenters. The fourth-order valence-electron chi connectivity index (χ4n) is 5.70. The van der Waals surface area contributed by atoms with Gasteiger partial charge in [0.15, 0.2) is 6.10 Å². The lowest BCUT2D eigenvalue weighted by atomic mass is 10.1. The quantitative estimate of drug-likeness (QED) is 0.0151. The third kappa shape index (κ3) is 39.9. The van der Waals surface area contributed by atoms with Crippen molar-refractivity contribution in [2.75, 3.05) is 47.5 Å². The van der Waals surface area contributed by atoms with Crippen LogP contribution in [-0.4, -0.2) is 70.0 Å². The van der Waals surface area contributed by atoms with Crippen molar-refractivity contribution in [2.45, 2.75) is 187 Å². The number of allylic oxidation sites excluding steroid dienone is 6. The topological polar surface area (TPSA) is 111 Å². The van der Waals surface area contributed by atoms with E-state index >= 15 is 0 Å². The summed E-state index contributed by atoms with van der Waals surface area (Å²) in [4.78, 5) is 37.5. The van der Waals surface area contributed by atoms with Gasteiger partial charge in [-0.25, -0.2) is 0 Å². The average molecular weight is 784 g/mol. The zero-order valence-electron chi connectivity index (χ0n) is 35.4. The first kappa shape index (κ1) is 52.2. The molecule has 0 fully saturated rings. The van der Waals surface area contributed by atoms with E-state index in [1.165, 1.54) is 83.5 Å². The molecule has 0 radical (unpaired) electrons. The molecule has 316 valence electrons. The maximum atomic E-state index is 12.6. The number of quaternary nitrogens is 1. The first-order valence-electron chi connectivity index (χ1n) is 21.7. The van der Waals surface area contributed by atoms with Crippen molar-refractivity contribution in [2.24, 2.45) is 0 Å². The lowest BCUT2D eigenvalue weighted by Gasteiger charge is -2.28. The number of phosphoric acid groups is 1. The number of phosphoric ester groups is 1. The van der Waals surface area contributed by atoms with Crippen molar-refractivity contribution < 1.29 is 42.1 Å². The maximum Gasteiger partial charge on any atom is 0.306 e. The Bertz CT molecular complexity index is 1020. The highest BCUT2D eigenvalue weighted by Crippen LogP contribution is 2.38. The van der Waals surface area contributed by atoms with Crippen LogP contribution in [0.4, 0.5) is 0 Å². The Morgan fingerprint density at radius 3 is 1.54 bits per heavy atom. The van der Waals surface area contributed by atoms with E-state index in [9.17, 15) is 19.0 Å². The SMILES string of the molecule is CCCCCC/C=C/C=C/CCCCCCCC(=O)O[C@H](COC(=O)CCCC/C=C/CCCCCCCCCCC)COP(=O)([O-])OCC[N+](C)(C)C. The van der Waals surface area contributed by atoms with Gasteiger partial charge in [0.25, 0.3) is 7.82 Å². The van der Waals surface area contributed by atoms with Gasteiger partial charge in [-0.2, -0.15) is 0 Å². The van der Waals surface area contributed by atoms with Crippen molar-refractivity contribution in [1.82, 2.24) is 0 Å². The van der Waals surface area contributed by atoms with Crippen molar-refractivity contribution in [3.8, 4) is 0 Å². The molecule has 2 atom stereocenters. The van der Waals surface area contributed by atoms with E-state index in [1.54, 1.807) is 0 Å². The van der Waals surface area contributed by atoms with Gasteiger partial charge in [-0.3, -0.25) is 14.2 Å². The Hall–Kier alpha value is -1.77. The summed E-state index contributed by atoms with van der Waals surface area (Å²) in [7, 11) is 1.14. The molecule has 0 heterocycles. The van der Waals surface area contributed by atoms with Crippen LogP contribution in [0.5, 0.6) is 0 Å². The Labute approximate surface area is 331 Å². The summed E-state index contributed by atoms with van der Waals surface area (Å²) in [6.07, 6.45) is 40.3. The third-order valence-electron chi connectivity index (χ3n) is 9.16. The lowest BCUT2D eigenvalue weighted by molar-refractivity contribution is -0.870. The summed E-state index contributed by atoms with van der Waals surface area (Å²) in [5.74, 6) is -0.877. The Balaban J connectivity index is 4.43. The first-order valence-corrected chi connectivity index (χ1v) is 23.2. The molecule has 0 amide bonds. The number of carbonyl (C=O) groups excluding carboxylic acids is 2. The number of rotatable bonds is 39. The minimum Gasteiger partial charge on any atom is -0.756 e. The number of nitrogens with zero attached hydrogens (tertiary/aromatic N) is 1. The number of esters is 2. The number of unbranched alkanes of at least 4 members (excludes halogenated alkanes) is 20. The average Bonchev–Trinajstić information content (AvgIpc) is 3.12. The molecule has 0 saturated carbocycles. The molecule has 0 aromatic carbocycles. The number of carbonyl (C=O) groups is 2. The van der Waals surface area contributed by atoms with Crippen LogP contribution in [0.1, 0.15) is 181 Å². The highest BCUT2D eigenvalue weighted by atomic mass is 31.2. The molecule has 0 rings (SSSR count). The molecule has 0 aromatic heterocycles. The summed E-state index contributed by atoms with van der Waals surface area (Å²) in [6.45, 7) is 4.16. The van der Waals surface area contributed by atoms with Gasteiger partial charge in [0.05, 0.1) is 27.7 Å². The summed E-state index contributed by atoms with van der Waals surface area (Å²) in [5.41, 5.74) is 0. The molecular formula is C44H82NO8P. The molecule has 9 nitrogen and oxygen atoms in total. The van der Waals surface area contributed by atoms with E-state index in [-0.39, 0.29) is 26.1 Å². The highest BCUT2D eigenvalue weighted by molar-refractivity contribution is 7.45. The minimum atomic E-state index is -4.63. The van der Waals surface area contributed by atoms with Crippen LogP contribution in [0.3, 0.4) is 0 Å². The summed E-state index contributed by atoms with van der Waals surface area (Å²) < 4.78 is 33.8. The standard InChI is InChI=1S/C44H82NO8P/c1-6-8-10-12-14-16-18-20-22-24-26-28-30-32-34-36-43(46)50-40-42(41-52-54(48,49)51-39-38-45(3,4)5)53-44(47)37-35-33-31-29-27-25-23-21-19-17-15-13-11-9-7-2/h17,19,21,23,26,28,42H,6-16,18,20,22,24-25,27,29-41H2,1-5H3/b19-17+,23-21+,28-26+/t42-/m1/s1. The minimum absolute atomic E-state index is 0.0370. The fourth-order valence-corrected chi connectivity index (χ4v) is 6.43. The zero-order chi connectivity index (χ0) is 40.0. The number of ether oxygens (including phenoxy) is 2. The second kappa shape index (κ2) is 36.8. The molecule has 0 spiro atoms. The lowest BCUT2D eigenvalue weighted by Crippen LogP contribution is -2.37. The van der Waals surface area contributed by atoms with E-state index in [0.29, 0.717) is 23.9 Å². The monoisotopic (exact) mass is 784 g/mol. The van der Waals surface area contributed by atoms with Crippen molar-refractivity contribution in [3.63, 3.8) is 0 Å². The molecular weight excluding hydrogens is 701 g/mol. The van der Waals surface area contributed by atoms with E-state index in [2.05, 4.69) is 50.3 Å². The number of likely N-dealkylation sites (N-methyl/N-ethyl adjacent to an activating group) is 1. The third-order valence-corrected chi connectivity index (χ3v) is 10.1. The van der Waals surface area contributed by atoms with Crippen molar-refractivity contribution in [1.29, 1.82) is 0 Å². The van der Waals surface area contributed by atoms with Crippen LogP contribution < -0.4 is 4.89 Å². The Kier molecular flexibility index (Phi) is 35.6. The van der Waals surface area contributed by atoms with Gasteiger partial charge in [-0.1, -0.05) is 140 Å². The highest BCUT2D eigenvalue weighted by Gasteiger charge is 2.21. The molecule has 0 bridgehead atoms. The number of hydrogen-bond acceptors (Lipinski definition) is 8. The molecule has 0 aliphatic carbocycles. The van der Waals surface area contributed by atoms with Gasteiger partial charge < -0.3 is 27.9 Å². The number of hydrogen-bond donors (Lipinski definition) is 0. The smallest absolute Gasteiger partial charge is 0.306 e. The predicted molar refractivity (Wildman–Crippen MR) is 222 cm³/mol. The van der Waals surface area contributed by atoms with E-state index in [4.69, 9.17) is 18.5 Å². The van der Waals surface area contributed by atoms with Gasteiger partial charge in [-0.05, 0) is 64.2 Å². The van der Waals surface area contributed by atoms with E-state index in [0.717, 1.165) is 57.8 Å². The molecule has 0 N–H and O–H groups in total. The molecule has 0 saturated heterocycles. The fraction of sp³-hybridized carbons (Fsp3) is 0.818. The zero-order valence-corrected chi connectivity index (χ0v) is 36.3. The predicted octanol–water partition coefficient (Wildman–Crippen LogP) is 11.5. The van der Waals surface area contributed by atoms with Crippen molar-refractivity contribution >= 4 is 19.8 Å². The summed E-state index contributed by atoms with van der Waals surface area (Å²) >= 11 is 0. The van der Waals surface area contributed by atoms with E-state index in [1.807, 2.05) is 21.1 Å².